The molecule has 0 spiro atoms. The first-order valence-electron chi connectivity index (χ1n) is 8.77. The van der Waals surface area contributed by atoms with Gasteiger partial charge >= 0.3 is 12.4 Å². The normalized spacial score (nSPS) is 18.2. The summed E-state index contributed by atoms with van der Waals surface area (Å²) in [5, 5.41) is 0. The number of hydrogen-bond acceptors (Lipinski definition) is 3. The molecule has 1 aliphatic rings. The monoisotopic (exact) mass is 421 g/mol. The van der Waals surface area contributed by atoms with Gasteiger partial charge < -0.3 is 14.1 Å². The molecule has 2 heterocycles. The fourth-order valence-electron chi connectivity index (χ4n) is 3.09. The Morgan fingerprint density at radius 1 is 1.07 bits per heavy atom. The van der Waals surface area contributed by atoms with E-state index in [-0.39, 0.29) is 25.8 Å². The first-order valence-corrected chi connectivity index (χ1v) is 8.77. The molecule has 29 heavy (non-hydrogen) atoms. The van der Waals surface area contributed by atoms with Gasteiger partial charge in [-0.2, -0.15) is 26.3 Å². The van der Waals surface area contributed by atoms with Gasteiger partial charge in [0, 0.05) is 18.5 Å². The summed E-state index contributed by atoms with van der Waals surface area (Å²) in [7, 11) is 0. The van der Waals surface area contributed by atoms with Gasteiger partial charge in [-0.15, -0.1) is 0 Å². The zero-order valence-electron chi connectivity index (χ0n) is 15.2. The molecule has 1 saturated heterocycles. The molecule has 4 nitrogen and oxygen atoms in total. The van der Waals surface area contributed by atoms with Gasteiger partial charge in [0.05, 0.1) is 24.3 Å². The third kappa shape index (κ3) is 4.58. The number of alkyl halides is 6. The molecule has 3 rings (SSSR count). The van der Waals surface area contributed by atoms with E-state index in [1.54, 1.807) is 12.1 Å². The van der Waals surface area contributed by atoms with Crippen LogP contribution in [0.5, 0.6) is 0 Å². The summed E-state index contributed by atoms with van der Waals surface area (Å²) in [6.07, 6.45) is -9.47. The number of carbonyl (C=O) groups excluding carboxylic acids is 1. The first kappa shape index (κ1) is 21.2. The minimum absolute atomic E-state index is 0.00323. The van der Waals surface area contributed by atoms with Crippen LogP contribution in [-0.2, 0) is 23.5 Å². The smallest absolute Gasteiger partial charge is 0.416 e. The highest BCUT2D eigenvalue weighted by Crippen LogP contribution is 2.37. The van der Waals surface area contributed by atoms with Crippen molar-refractivity contribution in [2.24, 2.45) is 0 Å². The quantitative estimate of drug-likeness (QED) is 0.649. The van der Waals surface area contributed by atoms with Gasteiger partial charge in [0.25, 0.3) is 5.91 Å². The summed E-state index contributed by atoms with van der Waals surface area (Å²) in [5.41, 5.74) is -3.76. The number of hydrogen-bond donors (Lipinski definition) is 0. The first-order chi connectivity index (χ1) is 13.5. The highest BCUT2D eigenvalue weighted by atomic mass is 19.4. The average Bonchev–Trinajstić information content (AvgIpc) is 3.15. The van der Waals surface area contributed by atoms with Crippen molar-refractivity contribution >= 4 is 5.91 Å². The molecule has 1 unspecified atom stereocenters. The van der Waals surface area contributed by atoms with Gasteiger partial charge in [0.1, 0.15) is 17.6 Å². The van der Waals surface area contributed by atoms with E-state index in [1.807, 2.05) is 6.92 Å². The van der Waals surface area contributed by atoms with Gasteiger partial charge in [-0.1, -0.05) is 6.92 Å². The second-order valence-corrected chi connectivity index (χ2v) is 6.54. The molecule has 1 amide bonds. The molecule has 0 N–H and O–H groups in total. The Bertz CT molecular complexity index is 855. The molecule has 1 aromatic heterocycles. The summed E-state index contributed by atoms with van der Waals surface area (Å²) in [4.78, 5) is 14.1. The Kier molecular flexibility index (Phi) is 5.66. The Balaban J connectivity index is 2.01. The van der Waals surface area contributed by atoms with Crippen molar-refractivity contribution in [3.63, 3.8) is 0 Å². The Morgan fingerprint density at radius 3 is 2.21 bits per heavy atom. The number of furan rings is 1. The minimum Gasteiger partial charge on any atom is -0.464 e. The van der Waals surface area contributed by atoms with E-state index in [2.05, 4.69) is 0 Å². The number of amides is 1. The molecule has 158 valence electrons. The maximum atomic E-state index is 13.1. The van der Waals surface area contributed by atoms with E-state index in [4.69, 9.17) is 9.15 Å². The van der Waals surface area contributed by atoms with E-state index in [0.717, 1.165) is 0 Å². The molecule has 1 aromatic carbocycles. The van der Waals surface area contributed by atoms with E-state index < -0.39 is 41.0 Å². The van der Waals surface area contributed by atoms with Crippen LogP contribution in [0.2, 0.25) is 0 Å². The van der Waals surface area contributed by atoms with Gasteiger partial charge in [0.2, 0.25) is 0 Å². The molecule has 2 aromatic rings. The second-order valence-electron chi connectivity index (χ2n) is 6.54. The Morgan fingerprint density at radius 2 is 1.69 bits per heavy atom. The van der Waals surface area contributed by atoms with Crippen molar-refractivity contribution in [2.75, 3.05) is 19.8 Å². The lowest BCUT2D eigenvalue weighted by molar-refractivity contribution is -0.143. The number of carbonyl (C=O) groups is 1. The number of rotatable bonds is 3. The second kappa shape index (κ2) is 7.74. The number of nitrogens with zero attached hydrogens (tertiary/aromatic N) is 1. The molecule has 1 atom stereocenters. The van der Waals surface area contributed by atoms with Crippen molar-refractivity contribution in [2.45, 2.75) is 31.7 Å². The summed E-state index contributed by atoms with van der Waals surface area (Å²) in [5.74, 6) is 0.0404. The molecule has 0 bridgehead atoms. The van der Waals surface area contributed by atoms with E-state index in [1.165, 1.54) is 4.90 Å². The zero-order valence-corrected chi connectivity index (χ0v) is 15.2. The van der Waals surface area contributed by atoms with Crippen molar-refractivity contribution in [1.82, 2.24) is 4.90 Å². The number of morpholine rings is 1. The molecule has 1 fully saturated rings. The molecule has 0 aliphatic carbocycles. The summed E-state index contributed by atoms with van der Waals surface area (Å²) < 4.78 is 89.5. The van der Waals surface area contributed by atoms with Crippen LogP contribution in [0, 0.1) is 0 Å². The van der Waals surface area contributed by atoms with Crippen LogP contribution < -0.4 is 0 Å². The predicted octanol–water partition coefficient (Wildman–Crippen LogP) is 5.09. The lowest BCUT2D eigenvalue weighted by Gasteiger charge is -2.34. The van der Waals surface area contributed by atoms with Crippen molar-refractivity contribution in [3.8, 4) is 0 Å². The summed E-state index contributed by atoms with van der Waals surface area (Å²) in [6, 6.07) is 3.42. The third-order valence-electron chi connectivity index (χ3n) is 4.58. The van der Waals surface area contributed by atoms with Crippen LogP contribution in [0.25, 0.3) is 0 Å². The van der Waals surface area contributed by atoms with E-state index in [9.17, 15) is 31.1 Å². The molecular formula is C19H17F6NO3. The van der Waals surface area contributed by atoms with Gasteiger partial charge in [0.15, 0.2) is 0 Å². The fourth-order valence-corrected chi connectivity index (χ4v) is 3.09. The third-order valence-corrected chi connectivity index (χ3v) is 4.58. The molecular weight excluding hydrogens is 404 g/mol. The van der Waals surface area contributed by atoms with Crippen LogP contribution in [0.4, 0.5) is 26.3 Å². The Hall–Kier alpha value is -2.49. The SMILES string of the molecule is CCc1ccc(C2COCCN2C(=O)c2cc(C(F)(F)F)cc(C(F)(F)F)c2)o1. The highest BCUT2D eigenvalue weighted by molar-refractivity contribution is 5.95. The molecule has 1 aliphatic heterocycles. The van der Waals surface area contributed by atoms with Gasteiger partial charge in [-0.25, -0.2) is 0 Å². The number of halogens is 6. The van der Waals surface area contributed by atoms with Crippen LogP contribution in [0.3, 0.4) is 0 Å². The van der Waals surface area contributed by atoms with Gasteiger partial charge in [-0.3, -0.25) is 4.79 Å². The van der Waals surface area contributed by atoms with Crippen LogP contribution in [0.1, 0.15) is 46.0 Å². The molecule has 0 saturated carbocycles. The molecule has 10 heteroatoms. The zero-order chi connectivity index (χ0) is 21.4. The van der Waals surface area contributed by atoms with E-state index >= 15 is 0 Å². The van der Waals surface area contributed by atoms with Gasteiger partial charge in [-0.05, 0) is 30.3 Å². The lowest BCUT2D eigenvalue weighted by atomic mass is 10.0. The fraction of sp³-hybridized carbons (Fsp3) is 0.421. The molecule has 0 radical (unpaired) electrons. The van der Waals surface area contributed by atoms with Crippen molar-refractivity contribution in [3.05, 3.63) is 58.5 Å². The van der Waals surface area contributed by atoms with Crippen molar-refractivity contribution in [1.29, 1.82) is 0 Å². The van der Waals surface area contributed by atoms with Crippen LogP contribution in [0.15, 0.2) is 34.7 Å². The maximum absolute atomic E-state index is 13.1. The highest BCUT2D eigenvalue weighted by Gasteiger charge is 2.39. The lowest BCUT2D eigenvalue weighted by Crippen LogP contribution is -2.43. The largest absolute Gasteiger partial charge is 0.464 e. The number of benzene rings is 1. The topological polar surface area (TPSA) is 42.7 Å². The minimum atomic E-state index is -5.03. The maximum Gasteiger partial charge on any atom is 0.416 e. The van der Waals surface area contributed by atoms with Crippen LogP contribution >= 0.6 is 0 Å². The number of ether oxygens (including phenoxy) is 1. The predicted molar refractivity (Wildman–Crippen MR) is 89.1 cm³/mol. The van der Waals surface area contributed by atoms with Crippen LogP contribution in [-0.4, -0.2) is 30.6 Å². The van der Waals surface area contributed by atoms with Crippen molar-refractivity contribution < 1.29 is 40.3 Å². The number of aryl methyl sites for hydroxylation is 1. The standard InChI is InChI=1S/C19H17F6NO3/c1-2-14-3-4-16(29-14)15-10-28-6-5-26(15)17(27)11-7-12(18(20,21)22)9-13(8-11)19(23,24)25/h3-4,7-9,15H,2,5-6,10H2,1H3. The Labute approximate surface area is 162 Å². The van der Waals surface area contributed by atoms with E-state index in [0.29, 0.717) is 30.1 Å². The summed E-state index contributed by atoms with van der Waals surface area (Å²) >= 11 is 0. The average molecular weight is 421 g/mol. The summed E-state index contributed by atoms with van der Waals surface area (Å²) in [6.45, 7) is 1.98.